The third-order valence-electron chi connectivity index (χ3n) is 2.76. The molecule has 78 valence electrons. The van der Waals surface area contributed by atoms with Gasteiger partial charge in [0.1, 0.15) is 0 Å². The molecule has 2 N–H and O–H groups in total. The minimum absolute atomic E-state index is 0.176. The quantitative estimate of drug-likeness (QED) is 0.689. The zero-order valence-electron chi connectivity index (χ0n) is 9.14. The van der Waals surface area contributed by atoms with Gasteiger partial charge in [0.2, 0.25) is 0 Å². The average molecular weight is 185 g/mol. The summed E-state index contributed by atoms with van der Waals surface area (Å²) in [7, 11) is 0. The molecule has 0 spiro atoms. The number of hydrogen-bond acceptors (Lipinski definition) is 2. The van der Waals surface area contributed by atoms with Crippen LogP contribution in [0, 0.1) is 5.92 Å². The Morgan fingerprint density at radius 3 is 2.38 bits per heavy atom. The van der Waals surface area contributed by atoms with Gasteiger partial charge < -0.3 is 10.4 Å². The van der Waals surface area contributed by atoms with Gasteiger partial charge in [-0.2, -0.15) is 0 Å². The van der Waals surface area contributed by atoms with Crippen LogP contribution in [0.5, 0.6) is 0 Å². The Hall–Kier alpha value is -0.0800. The fourth-order valence-electron chi connectivity index (χ4n) is 2.17. The van der Waals surface area contributed by atoms with Crippen molar-refractivity contribution in [2.45, 2.75) is 58.0 Å². The fourth-order valence-corrected chi connectivity index (χ4v) is 2.17. The minimum Gasteiger partial charge on any atom is -0.396 e. The molecule has 1 rings (SSSR count). The van der Waals surface area contributed by atoms with Crippen molar-refractivity contribution >= 4 is 0 Å². The first-order valence-corrected chi connectivity index (χ1v) is 5.41. The summed E-state index contributed by atoms with van der Waals surface area (Å²) in [4.78, 5) is 0. The molecule has 2 nitrogen and oxygen atoms in total. The maximum Gasteiger partial charge on any atom is 0.0474 e. The van der Waals surface area contributed by atoms with E-state index in [0.29, 0.717) is 18.6 Å². The smallest absolute Gasteiger partial charge is 0.0474 e. The number of rotatable bonds is 2. The second-order valence-corrected chi connectivity index (χ2v) is 5.23. The van der Waals surface area contributed by atoms with E-state index in [-0.39, 0.29) is 5.54 Å². The lowest BCUT2D eigenvalue weighted by Crippen LogP contribution is -2.49. The van der Waals surface area contributed by atoms with Gasteiger partial charge in [0, 0.05) is 18.2 Å². The summed E-state index contributed by atoms with van der Waals surface area (Å²) in [6.07, 6.45) is 5.00. The first kappa shape index (κ1) is 11.0. The van der Waals surface area contributed by atoms with E-state index in [4.69, 9.17) is 0 Å². The summed E-state index contributed by atoms with van der Waals surface area (Å²) in [5.74, 6) is 0.480. The average Bonchev–Trinajstić information content (AvgIpc) is 2.02. The van der Waals surface area contributed by atoms with E-state index in [1.807, 2.05) is 0 Å². The van der Waals surface area contributed by atoms with Crippen molar-refractivity contribution in [3.63, 3.8) is 0 Å². The van der Waals surface area contributed by atoms with E-state index < -0.39 is 0 Å². The lowest BCUT2D eigenvalue weighted by molar-refractivity contribution is 0.137. The van der Waals surface area contributed by atoms with Gasteiger partial charge in [0.05, 0.1) is 0 Å². The third kappa shape index (κ3) is 3.65. The molecule has 0 saturated heterocycles. The Morgan fingerprint density at radius 2 is 1.85 bits per heavy atom. The fraction of sp³-hybridized carbons (Fsp3) is 1.00. The molecule has 1 fully saturated rings. The number of aliphatic hydroxyl groups excluding tert-OH is 1. The van der Waals surface area contributed by atoms with E-state index in [1.54, 1.807) is 0 Å². The molecule has 0 heterocycles. The normalized spacial score (nSPS) is 30.5. The predicted octanol–water partition coefficient (Wildman–Crippen LogP) is 1.93. The van der Waals surface area contributed by atoms with E-state index in [9.17, 15) is 5.11 Å². The van der Waals surface area contributed by atoms with Crippen LogP contribution >= 0.6 is 0 Å². The zero-order valence-corrected chi connectivity index (χ0v) is 9.14. The van der Waals surface area contributed by atoms with Crippen molar-refractivity contribution in [1.29, 1.82) is 0 Å². The Labute approximate surface area is 81.7 Å². The largest absolute Gasteiger partial charge is 0.396 e. The first-order chi connectivity index (χ1) is 6.03. The van der Waals surface area contributed by atoms with Crippen LogP contribution in [0.4, 0.5) is 0 Å². The summed E-state index contributed by atoms with van der Waals surface area (Å²) in [5, 5.41) is 12.8. The number of aliphatic hydroxyl groups is 1. The standard InChI is InChI=1S/C11H23NO/c1-11(2,3)12-10-7-5-4-6-9(10)8-13/h9-10,12-13H,4-8H2,1-3H3/t9-,10+/m1/s1. The topological polar surface area (TPSA) is 32.3 Å². The van der Waals surface area contributed by atoms with Gasteiger partial charge in [0.25, 0.3) is 0 Å². The van der Waals surface area contributed by atoms with Gasteiger partial charge in [-0.05, 0) is 39.5 Å². The van der Waals surface area contributed by atoms with Crippen LogP contribution in [0.15, 0.2) is 0 Å². The molecule has 0 bridgehead atoms. The zero-order chi connectivity index (χ0) is 9.90. The third-order valence-corrected chi connectivity index (χ3v) is 2.76. The highest BCUT2D eigenvalue weighted by Crippen LogP contribution is 2.25. The Kier molecular flexibility index (Phi) is 3.74. The van der Waals surface area contributed by atoms with Crippen molar-refractivity contribution in [2.24, 2.45) is 5.92 Å². The van der Waals surface area contributed by atoms with Gasteiger partial charge in [0.15, 0.2) is 0 Å². The molecule has 0 radical (unpaired) electrons. The summed E-state index contributed by atoms with van der Waals surface area (Å²) >= 11 is 0. The van der Waals surface area contributed by atoms with Crippen LogP contribution in [-0.2, 0) is 0 Å². The SMILES string of the molecule is CC(C)(C)N[C@H]1CCCC[C@@H]1CO. The van der Waals surface area contributed by atoms with Crippen LogP contribution in [0.25, 0.3) is 0 Å². The second kappa shape index (κ2) is 4.43. The van der Waals surface area contributed by atoms with Gasteiger partial charge in [-0.25, -0.2) is 0 Å². The Balaban J connectivity index is 2.45. The van der Waals surface area contributed by atoms with Crippen LogP contribution in [0.3, 0.4) is 0 Å². The maximum absolute atomic E-state index is 9.22. The van der Waals surface area contributed by atoms with Crippen LogP contribution < -0.4 is 5.32 Å². The molecular weight excluding hydrogens is 162 g/mol. The van der Waals surface area contributed by atoms with Gasteiger partial charge in [-0.1, -0.05) is 12.8 Å². The molecular formula is C11H23NO. The van der Waals surface area contributed by atoms with E-state index >= 15 is 0 Å². The van der Waals surface area contributed by atoms with Gasteiger partial charge >= 0.3 is 0 Å². The summed E-state index contributed by atoms with van der Waals surface area (Å²) in [6.45, 7) is 6.91. The molecule has 13 heavy (non-hydrogen) atoms. The lowest BCUT2D eigenvalue weighted by atomic mass is 9.84. The summed E-state index contributed by atoms with van der Waals surface area (Å²) in [6, 6.07) is 0.527. The molecule has 0 unspecified atom stereocenters. The molecule has 0 aliphatic heterocycles. The summed E-state index contributed by atoms with van der Waals surface area (Å²) in [5.41, 5.74) is 0.176. The van der Waals surface area contributed by atoms with E-state index in [2.05, 4.69) is 26.1 Å². The van der Waals surface area contributed by atoms with Crippen molar-refractivity contribution < 1.29 is 5.11 Å². The maximum atomic E-state index is 9.22. The highest BCUT2D eigenvalue weighted by molar-refractivity contribution is 4.85. The molecule has 0 aromatic carbocycles. The van der Waals surface area contributed by atoms with Crippen molar-refractivity contribution in [1.82, 2.24) is 5.32 Å². The molecule has 1 aliphatic rings. The first-order valence-electron chi connectivity index (χ1n) is 5.41. The molecule has 0 aromatic rings. The van der Waals surface area contributed by atoms with Crippen molar-refractivity contribution in [3.8, 4) is 0 Å². The van der Waals surface area contributed by atoms with Gasteiger partial charge in [-0.3, -0.25) is 0 Å². The number of nitrogens with one attached hydrogen (secondary N) is 1. The van der Waals surface area contributed by atoms with Crippen LogP contribution in [0.1, 0.15) is 46.5 Å². The van der Waals surface area contributed by atoms with Crippen LogP contribution in [-0.4, -0.2) is 23.3 Å². The van der Waals surface area contributed by atoms with Crippen molar-refractivity contribution in [2.75, 3.05) is 6.61 Å². The van der Waals surface area contributed by atoms with E-state index in [0.717, 1.165) is 0 Å². The number of hydrogen-bond donors (Lipinski definition) is 2. The molecule has 0 amide bonds. The molecule has 2 atom stereocenters. The Bertz CT molecular complexity index is 151. The Morgan fingerprint density at radius 1 is 1.23 bits per heavy atom. The van der Waals surface area contributed by atoms with Gasteiger partial charge in [-0.15, -0.1) is 0 Å². The van der Waals surface area contributed by atoms with Crippen LogP contribution in [0.2, 0.25) is 0 Å². The summed E-state index contributed by atoms with van der Waals surface area (Å²) < 4.78 is 0. The van der Waals surface area contributed by atoms with E-state index in [1.165, 1.54) is 25.7 Å². The monoisotopic (exact) mass is 185 g/mol. The molecule has 1 saturated carbocycles. The highest BCUT2D eigenvalue weighted by atomic mass is 16.3. The second-order valence-electron chi connectivity index (χ2n) is 5.23. The molecule has 0 aromatic heterocycles. The molecule has 1 aliphatic carbocycles. The minimum atomic E-state index is 0.176. The molecule has 2 heteroatoms. The highest BCUT2D eigenvalue weighted by Gasteiger charge is 2.27. The lowest BCUT2D eigenvalue weighted by Gasteiger charge is -2.36. The van der Waals surface area contributed by atoms with Crippen molar-refractivity contribution in [3.05, 3.63) is 0 Å². The predicted molar refractivity (Wildman–Crippen MR) is 55.7 cm³/mol.